The van der Waals surface area contributed by atoms with Crippen molar-refractivity contribution in [3.8, 4) is 17.2 Å². The molecule has 3 rings (SSSR count). The first-order chi connectivity index (χ1) is 14.6. The van der Waals surface area contributed by atoms with Crippen LogP contribution >= 0.6 is 0 Å². The van der Waals surface area contributed by atoms with Crippen molar-refractivity contribution < 1.29 is 50.4 Å². The first-order valence-corrected chi connectivity index (χ1v) is 9.51. The van der Waals surface area contributed by atoms with Crippen molar-refractivity contribution >= 4 is 5.78 Å². The van der Waals surface area contributed by atoms with Gasteiger partial charge >= 0.3 is 0 Å². The van der Waals surface area contributed by atoms with Gasteiger partial charge in [0, 0.05) is 6.42 Å². The number of aliphatic hydroxyl groups is 5. The van der Waals surface area contributed by atoms with Crippen molar-refractivity contribution in [3.05, 3.63) is 53.1 Å². The van der Waals surface area contributed by atoms with Gasteiger partial charge < -0.3 is 45.6 Å². The number of aromatic hydroxyl groups is 3. The summed E-state index contributed by atoms with van der Waals surface area (Å²) in [5.41, 5.74) is -0.317. The van der Waals surface area contributed by atoms with E-state index in [1.165, 1.54) is 24.3 Å². The molecule has 168 valence electrons. The molecule has 1 aliphatic rings. The highest BCUT2D eigenvalue weighted by molar-refractivity contribution is 5.99. The lowest BCUT2D eigenvalue weighted by atomic mass is 9.88. The molecular weight excluding hydrogens is 412 g/mol. The van der Waals surface area contributed by atoms with Crippen LogP contribution in [0.4, 0.5) is 0 Å². The van der Waals surface area contributed by atoms with Crippen LogP contribution in [-0.4, -0.2) is 77.7 Å². The third-order valence-corrected chi connectivity index (χ3v) is 5.33. The predicted molar refractivity (Wildman–Crippen MR) is 105 cm³/mol. The van der Waals surface area contributed by atoms with E-state index < -0.39 is 72.5 Å². The summed E-state index contributed by atoms with van der Waals surface area (Å²) in [5.74, 6) is -1.98. The fraction of sp³-hybridized carbons (Fsp3) is 0.381. The first-order valence-electron chi connectivity index (χ1n) is 9.51. The lowest BCUT2D eigenvalue weighted by molar-refractivity contribution is -0.232. The molecule has 0 amide bonds. The molecule has 0 aliphatic carbocycles. The van der Waals surface area contributed by atoms with E-state index in [-0.39, 0.29) is 11.3 Å². The van der Waals surface area contributed by atoms with Gasteiger partial charge in [-0.1, -0.05) is 12.1 Å². The normalized spacial score (nSPS) is 27.1. The van der Waals surface area contributed by atoms with Gasteiger partial charge in [0.2, 0.25) is 0 Å². The number of ketones is 1. The Morgan fingerprint density at radius 1 is 0.935 bits per heavy atom. The highest BCUT2D eigenvalue weighted by atomic mass is 16.5. The van der Waals surface area contributed by atoms with Gasteiger partial charge in [0.1, 0.15) is 47.8 Å². The minimum atomic E-state index is -1.78. The van der Waals surface area contributed by atoms with E-state index in [1.807, 2.05) is 0 Å². The molecule has 2 aromatic rings. The minimum absolute atomic E-state index is 0.0115. The standard InChI is InChI=1S/C21H24O10/c22-8-15-18(28)19(29)20(30)21(31-15)16-12(24)6-5-11(17(16)27)14(26)7-13(25)9-1-3-10(23)4-2-9/h1-6,13,15,18-25,27-30H,7-8H2/t13?,15-,18-,19+,20-,21+/m1/s1. The minimum Gasteiger partial charge on any atom is -0.508 e. The molecule has 0 spiro atoms. The van der Waals surface area contributed by atoms with Crippen molar-refractivity contribution in [2.24, 2.45) is 0 Å². The Balaban J connectivity index is 1.89. The Morgan fingerprint density at radius 3 is 2.19 bits per heavy atom. The third kappa shape index (κ3) is 4.49. The fourth-order valence-electron chi connectivity index (χ4n) is 3.54. The molecule has 0 bridgehead atoms. The second-order valence-electron chi connectivity index (χ2n) is 7.38. The zero-order chi connectivity index (χ0) is 22.9. The number of Topliss-reactive ketones (excluding diaryl/α,β-unsaturated/α-hetero) is 1. The van der Waals surface area contributed by atoms with Crippen LogP contribution < -0.4 is 0 Å². The Morgan fingerprint density at radius 2 is 1.58 bits per heavy atom. The molecule has 2 aromatic carbocycles. The van der Waals surface area contributed by atoms with Gasteiger partial charge in [0.15, 0.2) is 5.78 Å². The van der Waals surface area contributed by atoms with Crippen LogP contribution in [0.25, 0.3) is 0 Å². The number of phenols is 3. The summed E-state index contributed by atoms with van der Waals surface area (Å²) in [4.78, 5) is 12.7. The summed E-state index contributed by atoms with van der Waals surface area (Å²) in [6.07, 6.45) is -9.66. The largest absolute Gasteiger partial charge is 0.508 e. The molecule has 1 aliphatic heterocycles. The Labute approximate surface area is 176 Å². The van der Waals surface area contributed by atoms with Crippen molar-refractivity contribution in [2.75, 3.05) is 6.61 Å². The van der Waals surface area contributed by atoms with Crippen molar-refractivity contribution in [1.29, 1.82) is 0 Å². The topological polar surface area (TPSA) is 188 Å². The van der Waals surface area contributed by atoms with Gasteiger partial charge in [-0.2, -0.15) is 0 Å². The summed E-state index contributed by atoms with van der Waals surface area (Å²) in [7, 11) is 0. The Kier molecular flexibility index (Phi) is 6.80. The second-order valence-corrected chi connectivity index (χ2v) is 7.38. The number of carbonyl (C=O) groups excluding carboxylic acids is 1. The summed E-state index contributed by atoms with van der Waals surface area (Å²) in [5, 5.41) is 80.0. The molecule has 8 N–H and O–H groups in total. The molecule has 1 fully saturated rings. The number of aliphatic hydroxyl groups excluding tert-OH is 5. The first kappa shape index (κ1) is 22.9. The van der Waals surface area contributed by atoms with E-state index in [0.29, 0.717) is 5.56 Å². The zero-order valence-electron chi connectivity index (χ0n) is 16.2. The van der Waals surface area contributed by atoms with Crippen molar-refractivity contribution in [1.82, 2.24) is 0 Å². The summed E-state index contributed by atoms with van der Waals surface area (Å²) in [6, 6.07) is 7.77. The molecule has 10 nitrogen and oxygen atoms in total. The summed E-state index contributed by atoms with van der Waals surface area (Å²) < 4.78 is 5.36. The third-order valence-electron chi connectivity index (χ3n) is 5.33. The van der Waals surface area contributed by atoms with Crippen LogP contribution in [0.2, 0.25) is 0 Å². The number of rotatable bonds is 6. The number of phenolic OH excluding ortho intramolecular Hbond substituents is 3. The van der Waals surface area contributed by atoms with Gasteiger partial charge in [-0.3, -0.25) is 4.79 Å². The van der Waals surface area contributed by atoms with Crippen LogP contribution in [0.3, 0.4) is 0 Å². The average Bonchev–Trinajstić information content (AvgIpc) is 2.74. The maximum absolute atomic E-state index is 12.7. The monoisotopic (exact) mass is 436 g/mol. The lowest BCUT2D eigenvalue weighted by Crippen LogP contribution is -2.55. The fourth-order valence-corrected chi connectivity index (χ4v) is 3.54. The van der Waals surface area contributed by atoms with E-state index in [4.69, 9.17) is 4.74 Å². The highest BCUT2D eigenvalue weighted by Gasteiger charge is 2.46. The maximum atomic E-state index is 12.7. The molecule has 0 aromatic heterocycles. The molecular formula is C21H24O10. The number of hydrogen-bond acceptors (Lipinski definition) is 10. The van der Waals surface area contributed by atoms with Crippen LogP contribution in [0.1, 0.15) is 40.1 Å². The van der Waals surface area contributed by atoms with E-state index in [9.17, 15) is 45.6 Å². The molecule has 1 saturated heterocycles. The molecule has 6 atom stereocenters. The van der Waals surface area contributed by atoms with Gasteiger partial charge in [-0.25, -0.2) is 0 Å². The van der Waals surface area contributed by atoms with Gasteiger partial charge in [-0.15, -0.1) is 0 Å². The number of carbonyl (C=O) groups is 1. The number of ether oxygens (including phenoxy) is 1. The number of benzene rings is 2. The quantitative estimate of drug-likeness (QED) is 0.277. The van der Waals surface area contributed by atoms with Crippen LogP contribution in [-0.2, 0) is 4.74 Å². The Hall–Kier alpha value is -2.73. The van der Waals surface area contributed by atoms with E-state index >= 15 is 0 Å². The average molecular weight is 436 g/mol. The van der Waals surface area contributed by atoms with Crippen LogP contribution in [0.5, 0.6) is 17.2 Å². The molecule has 0 radical (unpaired) electrons. The van der Waals surface area contributed by atoms with Crippen molar-refractivity contribution in [2.45, 2.75) is 43.0 Å². The van der Waals surface area contributed by atoms with Gasteiger partial charge in [0.25, 0.3) is 0 Å². The van der Waals surface area contributed by atoms with Gasteiger partial charge in [0.05, 0.1) is 23.8 Å². The lowest BCUT2D eigenvalue weighted by Gasteiger charge is -2.40. The van der Waals surface area contributed by atoms with Crippen LogP contribution in [0, 0.1) is 0 Å². The molecule has 31 heavy (non-hydrogen) atoms. The predicted octanol–water partition coefficient (Wildman–Crippen LogP) is -0.375. The summed E-state index contributed by atoms with van der Waals surface area (Å²) in [6.45, 7) is -0.708. The van der Waals surface area contributed by atoms with E-state index in [1.54, 1.807) is 0 Å². The van der Waals surface area contributed by atoms with E-state index in [0.717, 1.165) is 12.1 Å². The van der Waals surface area contributed by atoms with Gasteiger partial charge in [-0.05, 0) is 29.8 Å². The highest BCUT2D eigenvalue weighted by Crippen LogP contribution is 2.43. The number of hydrogen-bond donors (Lipinski definition) is 8. The maximum Gasteiger partial charge on any atom is 0.169 e. The van der Waals surface area contributed by atoms with Crippen LogP contribution in [0.15, 0.2) is 36.4 Å². The Bertz CT molecular complexity index is 927. The smallest absolute Gasteiger partial charge is 0.169 e. The summed E-state index contributed by atoms with van der Waals surface area (Å²) >= 11 is 0. The molecule has 0 saturated carbocycles. The second kappa shape index (κ2) is 9.18. The molecule has 1 heterocycles. The molecule has 10 heteroatoms. The van der Waals surface area contributed by atoms with Crippen molar-refractivity contribution in [3.63, 3.8) is 0 Å². The SMILES string of the molecule is O=C(CC(O)c1ccc(O)cc1)c1ccc(O)c([C@@H]2O[C@H](CO)[C@@H](O)[C@H](O)[C@H]2O)c1O. The van der Waals surface area contributed by atoms with E-state index in [2.05, 4.69) is 0 Å². The molecule has 1 unspecified atom stereocenters. The zero-order valence-corrected chi connectivity index (χ0v) is 16.2.